The summed E-state index contributed by atoms with van der Waals surface area (Å²) in [7, 11) is 0. The molecule has 6 rings (SSSR count). The molecule has 1 aliphatic carbocycles. The smallest absolute Gasteiger partial charge is 0.324 e. The lowest BCUT2D eigenvalue weighted by atomic mass is 9.90. The fourth-order valence-electron chi connectivity index (χ4n) is 6.19. The lowest BCUT2D eigenvalue weighted by Crippen LogP contribution is -2.36. The van der Waals surface area contributed by atoms with Crippen LogP contribution in [0.4, 0.5) is 10.4 Å². The molecule has 214 valence electrons. The number of aryl methyl sites for hydroxylation is 1. The second-order valence-corrected chi connectivity index (χ2v) is 11.8. The van der Waals surface area contributed by atoms with Gasteiger partial charge in [-0.2, -0.15) is 4.98 Å². The number of fused-ring (bicyclic) bond motifs is 1. The van der Waals surface area contributed by atoms with Crippen molar-refractivity contribution in [2.75, 3.05) is 31.1 Å². The van der Waals surface area contributed by atoms with E-state index in [9.17, 15) is 9.18 Å². The molecule has 1 saturated heterocycles. The number of benzene rings is 1. The van der Waals surface area contributed by atoms with Gasteiger partial charge in [-0.3, -0.25) is 4.79 Å². The van der Waals surface area contributed by atoms with E-state index in [0.29, 0.717) is 55.3 Å². The summed E-state index contributed by atoms with van der Waals surface area (Å²) in [5, 5.41) is 4.09. The van der Waals surface area contributed by atoms with Crippen LogP contribution in [0.2, 0.25) is 0 Å². The van der Waals surface area contributed by atoms with E-state index in [2.05, 4.69) is 33.9 Å². The van der Waals surface area contributed by atoms with Gasteiger partial charge < -0.3 is 23.5 Å². The number of hydrogen-bond donors (Lipinski definition) is 0. The minimum absolute atomic E-state index is 0.0164. The molecule has 2 atom stereocenters. The Morgan fingerprint density at radius 3 is 2.77 bits per heavy atom. The zero-order chi connectivity index (χ0) is 27.8. The summed E-state index contributed by atoms with van der Waals surface area (Å²) in [6.07, 6.45) is 5.18. The monoisotopic (exact) mass is 551 g/mol. The van der Waals surface area contributed by atoms with Gasteiger partial charge in [-0.05, 0) is 55.1 Å². The van der Waals surface area contributed by atoms with Gasteiger partial charge in [-0.15, -0.1) is 0 Å². The van der Waals surface area contributed by atoms with Crippen molar-refractivity contribution in [1.29, 1.82) is 0 Å². The van der Waals surface area contributed by atoms with Crippen molar-refractivity contribution in [3.05, 3.63) is 52.7 Å². The van der Waals surface area contributed by atoms with E-state index in [1.165, 1.54) is 12.5 Å². The summed E-state index contributed by atoms with van der Waals surface area (Å²) in [6, 6.07) is 5.48. The molecule has 0 radical (unpaired) electrons. The number of oxazole rings is 1. The number of halogens is 1. The SMILES string of the molecule is Cc1nc2c(o1)CN(C(=O)Cc1ccc(OCC[C@@H]3C[C@@H]3C3CCN(c4nc(C(C)C)no4)CC3)cc1F)CC2. The third kappa shape index (κ3) is 5.86. The first-order chi connectivity index (χ1) is 19.3. The topological polar surface area (TPSA) is 97.7 Å². The number of carbonyl (C=O) groups excluding carboxylic acids is 1. The van der Waals surface area contributed by atoms with Crippen molar-refractivity contribution >= 4 is 11.9 Å². The molecule has 4 heterocycles. The predicted octanol–water partition coefficient (Wildman–Crippen LogP) is 5.08. The van der Waals surface area contributed by atoms with E-state index in [1.54, 1.807) is 24.0 Å². The Kier molecular flexibility index (Phi) is 7.51. The van der Waals surface area contributed by atoms with Crippen LogP contribution < -0.4 is 9.64 Å². The number of ether oxygens (including phenoxy) is 1. The van der Waals surface area contributed by atoms with E-state index in [1.807, 2.05) is 0 Å². The van der Waals surface area contributed by atoms with Crippen LogP contribution in [0.5, 0.6) is 5.75 Å². The van der Waals surface area contributed by atoms with Crippen molar-refractivity contribution in [2.24, 2.45) is 17.8 Å². The van der Waals surface area contributed by atoms with Gasteiger partial charge in [0, 0.05) is 45.0 Å². The Bertz CT molecular complexity index is 1350. The van der Waals surface area contributed by atoms with Crippen molar-refractivity contribution in [2.45, 2.75) is 71.8 Å². The summed E-state index contributed by atoms with van der Waals surface area (Å²) in [5.41, 5.74) is 1.30. The molecule has 0 unspecified atom stereocenters. The number of anilines is 1. The summed E-state index contributed by atoms with van der Waals surface area (Å²) in [6.45, 7) is 9.38. The maximum Gasteiger partial charge on any atom is 0.324 e. The maximum absolute atomic E-state index is 14.8. The number of rotatable bonds is 9. The van der Waals surface area contributed by atoms with Crippen LogP contribution >= 0.6 is 0 Å². The Morgan fingerprint density at radius 1 is 1.20 bits per heavy atom. The average Bonchev–Trinajstić information content (AvgIpc) is 3.35. The van der Waals surface area contributed by atoms with E-state index >= 15 is 0 Å². The molecule has 2 aromatic heterocycles. The quantitative estimate of drug-likeness (QED) is 0.363. The largest absolute Gasteiger partial charge is 0.493 e. The fraction of sp³-hybridized carbons (Fsp3) is 0.600. The van der Waals surface area contributed by atoms with Gasteiger partial charge in [0.2, 0.25) is 5.91 Å². The highest BCUT2D eigenvalue weighted by molar-refractivity contribution is 5.79. The van der Waals surface area contributed by atoms with Gasteiger partial charge in [0.25, 0.3) is 0 Å². The van der Waals surface area contributed by atoms with E-state index in [4.69, 9.17) is 13.7 Å². The summed E-state index contributed by atoms with van der Waals surface area (Å²) >= 11 is 0. The maximum atomic E-state index is 14.8. The molecule has 2 aliphatic heterocycles. The first kappa shape index (κ1) is 26.8. The second-order valence-electron chi connectivity index (χ2n) is 11.8. The molecule has 40 heavy (non-hydrogen) atoms. The van der Waals surface area contributed by atoms with Crippen LogP contribution in [0.1, 0.15) is 74.2 Å². The first-order valence-electron chi connectivity index (χ1n) is 14.6. The van der Waals surface area contributed by atoms with E-state index in [0.717, 1.165) is 61.5 Å². The highest BCUT2D eigenvalue weighted by atomic mass is 19.1. The zero-order valence-corrected chi connectivity index (χ0v) is 23.6. The molecule has 1 saturated carbocycles. The van der Waals surface area contributed by atoms with Crippen LogP contribution in [-0.4, -0.2) is 52.2 Å². The molecule has 9 nitrogen and oxygen atoms in total. The van der Waals surface area contributed by atoms with Gasteiger partial charge in [0.15, 0.2) is 11.7 Å². The summed E-state index contributed by atoms with van der Waals surface area (Å²) < 4.78 is 31.8. The Hall–Kier alpha value is -3.43. The van der Waals surface area contributed by atoms with Gasteiger partial charge in [-0.1, -0.05) is 25.1 Å². The molecular weight excluding hydrogens is 513 g/mol. The number of carbonyl (C=O) groups is 1. The van der Waals surface area contributed by atoms with Gasteiger partial charge in [0.1, 0.15) is 17.3 Å². The molecule has 2 fully saturated rings. The third-order valence-corrected chi connectivity index (χ3v) is 8.65. The van der Waals surface area contributed by atoms with Gasteiger partial charge in [-0.25, -0.2) is 9.37 Å². The summed E-state index contributed by atoms with van der Waals surface area (Å²) in [5.74, 6) is 4.51. The zero-order valence-electron chi connectivity index (χ0n) is 23.6. The van der Waals surface area contributed by atoms with Crippen LogP contribution in [-0.2, 0) is 24.2 Å². The lowest BCUT2D eigenvalue weighted by Gasteiger charge is -2.30. The standard InChI is InChI=1S/C30H38FN5O4/c1-18(2)29-33-30(40-34-29)35-10-6-20(7-11-35)24-14-21(24)9-13-38-23-5-4-22(25(31)16-23)15-28(37)36-12-8-26-27(17-36)39-19(3)32-26/h4-5,16,18,20-21,24H,6-15,17H2,1-3H3/t21-,24-/m1/s1. The van der Waals surface area contributed by atoms with Gasteiger partial charge >= 0.3 is 6.01 Å². The third-order valence-electron chi connectivity index (χ3n) is 8.65. The Morgan fingerprint density at radius 2 is 2.02 bits per heavy atom. The Labute approximate surface area is 234 Å². The van der Waals surface area contributed by atoms with E-state index < -0.39 is 5.82 Å². The molecule has 1 amide bonds. The average molecular weight is 552 g/mol. The van der Waals surface area contributed by atoms with Crippen LogP contribution in [0.25, 0.3) is 0 Å². The number of amides is 1. The molecular formula is C30H38FN5O4. The lowest BCUT2D eigenvalue weighted by molar-refractivity contribution is -0.131. The minimum atomic E-state index is -0.406. The number of piperidine rings is 1. The number of hydrogen-bond acceptors (Lipinski definition) is 8. The highest BCUT2D eigenvalue weighted by Gasteiger charge is 2.43. The molecule has 3 aliphatic rings. The molecule has 1 aromatic carbocycles. The van der Waals surface area contributed by atoms with Crippen molar-refractivity contribution in [1.82, 2.24) is 20.0 Å². The molecule has 3 aromatic rings. The van der Waals surface area contributed by atoms with Crippen LogP contribution in [0, 0.1) is 30.5 Å². The highest BCUT2D eigenvalue weighted by Crippen LogP contribution is 2.50. The molecule has 10 heteroatoms. The molecule has 0 spiro atoms. The fourth-order valence-corrected chi connectivity index (χ4v) is 6.19. The normalized spacial score (nSPS) is 21.1. The minimum Gasteiger partial charge on any atom is -0.493 e. The predicted molar refractivity (Wildman–Crippen MR) is 145 cm³/mol. The molecule has 0 N–H and O–H groups in total. The van der Waals surface area contributed by atoms with E-state index in [-0.39, 0.29) is 18.2 Å². The van der Waals surface area contributed by atoms with Crippen molar-refractivity contribution < 1.29 is 22.9 Å². The summed E-state index contributed by atoms with van der Waals surface area (Å²) in [4.78, 5) is 25.6. The second kappa shape index (κ2) is 11.2. The van der Waals surface area contributed by atoms with Crippen LogP contribution in [0.3, 0.4) is 0 Å². The number of aromatic nitrogens is 3. The molecule has 0 bridgehead atoms. The first-order valence-corrected chi connectivity index (χ1v) is 14.6. The van der Waals surface area contributed by atoms with Crippen molar-refractivity contribution in [3.8, 4) is 5.75 Å². The Balaban J connectivity index is 0.918. The number of nitrogens with zero attached hydrogens (tertiary/aromatic N) is 5. The van der Waals surface area contributed by atoms with Gasteiger partial charge in [0.05, 0.1) is 25.3 Å². The van der Waals surface area contributed by atoms with Crippen molar-refractivity contribution in [3.63, 3.8) is 0 Å². The van der Waals surface area contributed by atoms with Crippen LogP contribution in [0.15, 0.2) is 27.1 Å².